The summed E-state index contributed by atoms with van der Waals surface area (Å²) in [6.45, 7) is 15.7. The van der Waals surface area contributed by atoms with Crippen molar-refractivity contribution in [2.45, 2.75) is 142 Å². The van der Waals surface area contributed by atoms with Gasteiger partial charge in [-0.25, -0.2) is 45.6 Å². The summed E-state index contributed by atoms with van der Waals surface area (Å²) < 4.78 is 144. The first kappa shape index (κ1) is 64.7. The van der Waals surface area contributed by atoms with Crippen molar-refractivity contribution in [2.24, 2.45) is 28.1 Å². The predicted octanol–water partition coefficient (Wildman–Crippen LogP) is 7.45. The van der Waals surface area contributed by atoms with E-state index in [0.29, 0.717) is 28.8 Å². The van der Waals surface area contributed by atoms with Crippen LogP contribution in [0.4, 0.5) is 26.3 Å². The van der Waals surface area contributed by atoms with E-state index in [-0.39, 0.29) is 109 Å². The van der Waals surface area contributed by atoms with Crippen molar-refractivity contribution in [1.29, 1.82) is 0 Å². The molecule has 0 radical (unpaired) electrons. The van der Waals surface area contributed by atoms with Crippen LogP contribution in [-0.2, 0) is 20.0 Å². The number of nitrogens with zero attached hydrogens (tertiary/aromatic N) is 6. The zero-order valence-corrected chi connectivity index (χ0v) is 46.8. The number of carbonyl (C=O) groups is 2. The molecule has 4 fully saturated rings. The summed E-state index contributed by atoms with van der Waals surface area (Å²) in [5.41, 5.74) is -2.03. The van der Waals surface area contributed by atoms with Crippen LogP contribution in [-0.4, -0.2) is 102 Å². The van der Waals surface area contributed by atoms with Crippen LogP contribution in [0.5, 0.6) is 11.8 Å². The van der Waals surface area contributed by atoms with Crippen molar-refractivity contribution in [3.05, 3.63) is 102 Å². The lowest BCUT2D eigenvalue weighted by atomic mass is 9.78. The first-order chi connectivity index (χ1) is 36.2. The lowest BCUT2D eigenvalue weighted by Crippen LogP contribution is -3.00. The van der Waals surface area contributed by atoms with Gasteiger partial charge in [-0.2, -0.15) is 26.3 Å². The van der Waals surface area contributed by atoms with Gasteiger partial charge in [0.05, 0.1) is 57.7 Å². The third-order valence-corrected chi connectivity index (χ3v) is 16.7. The Morgan fingerprint density at radius 1 is 0.700 bits per heavy atom. The minimum atomic E-state index is -4.23. The highest BCUT2D eigenvalue weighted by atomic mass is 32.2. The molecule has 2 amide bonds. The average Bonchev–Trinajstić information content (AvgIpc) is 4.16. The monoisotopic (exact) mass is 1170 g/mol. The maximum absolute atomic E-state index is 13.1. The van der Waals surface area contributed by atoms with E-state index in [1.807, 2.05) is 9.44 Å². The SMILES string of the molecule is C.C[C@@H]1CC(c2nc(-n3ccc(OCCC4(C(F)(F)F)CC4)n3)ccc2C(=O)NS(C)(=O)=O)C(C)(C)C1.C[C@@H]1CNC(C)(C)C1.Cc1nc(-n2ccc(OCCC3(C(F)(F)F)CC3)n2)ccc1C(=O)NS(=O)(=O)c1ccccc1.[F-]. The number of alkyl halides is 6. The van der Waals surface area contributed by atoms with Gasteiger partial charge in [-0.1, -0.05) is 53.3 Å². The molecule has 1 aromatic carbocycles. The van der Waals surface area contributed by atoms with E-state index in [0.717, 1.165) is 25.0 Å². The third-order valence-electron chi connectivity index (χ3n) is 14.8. The van der Waals surface area contributed by atoms with Gasteiger partial charge in [-0.3, -0.25) is 9.59 Å². The molecule has 9 rings (SSSR count). The third kappa shape index (κ3) is 16.1. The Bertz CT molecular complexity index is 3180. The molecule has 442 valence electrons. The van der Waals surface area contributed by atoms with Crippen LogP contribution in [0.1, 0.15) is 145 Å². The predicted molar refractivity (Wildman–Crippen MR) is 284 cm³/mol. The van der Waals surface area contributed by atoms with E-state index >= 15 is 0 Å². The topological polar surface area (TPSA) is 218 Å². The molecule has 3 N–H and O–H groups in total. The summed E-state index contributed by atoms with van der Waals surface area (Å²) in [7, 11) is -7.81. The molecule has 26 heteroatoms. The van der Waals surface area contributed by atoms with Gasteiger partial charge in [-0.15, -0.1) is 10.2 Å². The van der Waals surface area contributed by atoms with Crippen LogP contribution in [0.15, 0.2) is 84.0 Å². The number of carbonyl (C=O) groups excluding carboxylic acids is 2. The number of aromatic nitrogens is 6. The summed E-state index contributed by atoms with van der Waals surface area (Å²) in [6.07, 6.45) is -1.18. The quantitative estimate of drug-likeness (QED) is 0.0819. The number of amides is 2. The normalized spacial score (nSPS) is 20.2. The van der Waals surface area contributed by atoms with Crippen LogP contribution in [0.2, 0.25) is 0 Å². The maximum Gasteiger partial charge on any atom is 0.394 e. The highest BCUT2D eigenvalue weighted by molar-refractivity contribution is 7.90. The number of rotatable bonds is 16. The van der Waals surface area contributed by atoms with Crippen molar-refractivity contribution in [1.82, 2.24) is 44.3 Å². The van der Waals surface area contributed by atoms with Crippen LogP contribution in [0.25, 0.3) is 11.6 Å². The zero-order valence-electron chi connectivity index (χ0n) is 45.1. The van der Waals surface area contributed by atoms with Gasteiger partial charge >= 0.3 is 12.4 Å². The molecule has 3 aliphatic carbocycles. The number of hydrogen-bond acceptors (Lipinski definition) is 13. The molecule has 4 aliphatic rings. The minimum Gasteiger partial charge on any atom is -1.00 e. The minimum absolute atomic E-state index is 0. The van der Waals surface area contributed by atoms with E-state index in [4.69, 9.17) is 14.5 Å². The fraction of sp³-hybridized carbons (Fsp3) is 0.556. The average molecular weight is 1170 g/mol. The molecule has 3 saturated carbocycles. The number of aryl methyl sites for hydroxylation is 1. The van der Waals surface area contributed by atoms with Crippen LogP contribution in [0.3, 0.4) is 0 Å². The largest absolute Gasteiger partial charge is 1.00 e. The van der Waals surface area contributed by atoms with E-state index in [2.05, 4.69) is 62.0 Å². The Balaban J connectivity index is 0.000000252. The number of pyridine rings is 2. The lowest BCUT2D eigenvalue weighted by molar-refractivity contribution is -0.190. The number of hydrogen-bond donors (Lipinski definition) is 3. The molecule has 1 unspecified atom stereocenters. The van der Waals surface area contributed by atoms with Crippen molar-refractivity contribution in [3.63, 3.8) is 0 Å². The Labute approximate surface area is 462 Å². The van der Waals surface area contributed by atoms with E-state index in [1.54, 1.807) is 43.5 Å². The van der Waals surface area contributed by atoms with Gasteiger partial charge in [-0.05, 0) is 139 Å². The molecule has 3 atom stereocenters. The van der Waals surface area contributed by atoms with Gasteiger partial charge in [0.15, 0.2) is 11.6 Å². The Kier molecular flexibility index (Phi) is 19.8. The first-order valence-corrected chi connectivity index (χ1v) is 29.0. The molecule has 0 spiro atoms. The molecule has 1 saturated heterocycles. The van der Waals surface area contributed by atoms with Gasteiger partial charge in [0, 0.05) is 36.0 Å². The van der Waals surface area contributed by atoms with Crippen molar-refractivity contribution in [2.75, 3.05) is 26.0 Å². The fourth-order valence-corrected chi connectivity index (χ4v) is 11.6. The smallest absolute Gasteiger partial charge is 0.394 e. The summed E-state index contributed by atoms with van der Waals surface area (Å²) in [6, 6.07) is 16.5. The molecule has 80 heavy (non-hydrogen) atoms. The van der Waals surface area contributed by atoms with Gasteiger partial charge in [0.1, 0.15) is 0 Å². The molecule has 1 aliphatic heterocycles. The summed E-state index contributed by atoms with van der Waals surface area (Å²) >= 11 is 0. The van der Waals surface area contributed by atoms with Crippen molar-refractivity contribution in [3.8, 4) is 23.4 Å². The second-order valence-corrected chi connectivity index (χ2v) is 25.9. The van der Waals surface area contributed by atoms with Crippen molar-refractivity contribution < 1.29 is 66.9 Å². The van der Waals surface area contributed by atoms with Crippen LogP contribution >= 0.6 is 0 Å². The standard InChI is InChI=1S/C24H31F3N4O4S.C22H21F3N4O4S.C7H15N.CH4.FH/c1-15-13-17(22(2,3)14-15)20-16(21(32)30-36(4,33)34)5-6-18(28-20)31-11-7-19(29-31)35-12-10-23(8-9-23)24(25,26)27;1-15-17(20(30)28-34(31,32)16-5-3-2-4-6-16)7-8-18(26-15)29-13-9-19(27-29)33-14-12-21(10-11-21)22(23,24)25;1-6-4-7(2,3)8-5-6;;/h5-7,11,15,17H,8-10,12-14H2,1-4H3,(H,30,32);2-9,13H,10-12,14H2,1H3,(H,28,30);6,8H,4-5H2,1-3H3;1H4;1H/p-1/t15-,17?;;6-;;/m1.0../s1. The molecule has 5 heterocycles. The van der Waals surface area contributed by atoms with Crippen LogP contribution in [0, 0.1) is 35.0 Å². The lowest BCUT2D eigenvalue weighted by Gasteiger charge is -2.28. The summed E-state index contributed by atoms with van der Waals surface area (Å²) in [5, 5.41) is 11.9. The summed E-state index contributed by atoms with van der Waals surface area (Å²) in [5.74, 6) is 0.647. The Morgan fingerprint density at radius 2 is 1.19 bits per heavy atom. The maximum atomic E-state index is 13.1. The molecule has 5 aromatic rings. The van der Waals surface area contributed by atoms with Gasteiger partial charge in [0.25, 0.3) is 21.8 Å². The molecular weight excluding hydrogens is 1100 g/mol. The summed E-state index contributed by atoms with van der Waals surface area (Å²) in [4.78, 5) is 34.3. The number of sulfonamides is 2. The number of ether oxygens (including phenoxy) is 2. The van der Waals surface area contributed by atoms with Gasteiger partial charge in [0.2, 0.25) is 21.8 Å². The second-order valence-electron chi connectivity index (χ2n) is 22.5. The number of halogens is 7. The fourth-order valence-electron chi connectivity index (χ4n) is 10.2. The first-order valence-electron chi connectivity index (χ1n) is 25.6. The number of nitrogens with one attached hydrogen (secondary N) is 3. The molecule has 0 bridgehead atoms. The highest BCUT2D eigenvalue weighted by Crippen LogP contribution is 2.61. The Hall–Kier alpha value is -6.15. The van der Waals surface area contributed by atoms with E-state index in [1.165, 1.54) is 64.9 Å². The zero-order chi connectivity index (χ0) is 57.3. The number of benzene rings is 1. The van der Waals surface area contributed by atoms with Crippen molar-refractivity contribution >= 4 is 31.9 Å². The highest BCUT2D eigenvalue weighted by Gasteiger charge is 2.63. The molecule has 17 nitrogen and oxygen atoms in total. The van der Waals surface area contributed by atoms with Crippen LogP contribution < -0.4 is 28.9 Å². The van der Waals surface area contributed by atoms with E-state index in [9.17, 15) is 52.8 Å². The second kappa shape index (κ2) is 24.5. The van der Waals surface area contributed by atoms with Gasteiger partial charge < -0.3 is 19.5 Å². The van der Waals surface area contributed by atoms with E-state index < -0.39 is 55.0 Å². The Morgan fingerprint density at radius 3 is 1.59 bits per heavy atom. The molecule has 4 aromatic heterocycles. The molecular formula is C54H71F7N9O8S2-.